The molecular formula is C31H46O12S. The molecule has 4 aliphatic carbocycles. The molecule has 0 aromatic heterocycles. The first kappa shape index (κ1) is 34.5. The lowest BCUT2D eigenvalue weighted by Gasteiger charge is -2.59. The van der Waals surface area contributed by atoms with Crippen LogP contribution in [0.3, 0.4) is 0 Å². The minimum Gasteiger partial charge on any atom is -0.466 e. The molecule has 248 valence electrons. The van der Waals surface area contributed by atoms with Crippen LogP contribution in [0.15, 0.2) is 0 Å². The Kier molecular flexibility index (Phi) is 10.9. The van der Waals surface area contributed by atoms with Crippen molar-refractivity contribution in [1.82, 2.24) is 0 Å². The molecule has 44 heavy (non-hydrogen) atoms. The Morgan fingerprint density at radius 2 is 1.39 bits per heavy atom. The molecule has 6 atom stereocenters. The molecule has 4 bridgehead atoms. The summed E-state index contributed by atoms with van der Waals surface area (Å²) >= 11 is 1.42. The Balaban J connectivity index is 1.82. The summed E-state index contributed by atoms with van der Waals surface area (Å²) in [4.78, 5) is 61.2. The van der Waals surface area contributed by atoms with E-state index in [-0.39, 0.29) is 11.2 Å². The van der Waals surface area contributed by atoms with Gasteiger partial charge in [0.2, 0.25) is 4.93 Å². The fourth-order valence-corrected chi connectivity index (χ4v) is 10.3. The fraction of sp³-hybridized carbons (Fsp3) is 0.839. The summed E-state index contributed by atoms with van der Waals surface area (Å²) in [5.41, 5.74) is 0. The second kappa shape index (κ2) is 13.9. The van der Waals surface area contributed by atoms with Crippen molar-refractivity contribution in [1.29, 1.82) is 0 Å². The predicted molar refractivity (Wildman–Crippen MR) is 156 cm³/mol. The zero-order chi connectivity index (χ0) is 32.4. The Hall–Kier alpha value is -2.38. The maximum absolute atomic E-state index is 13.9. The molecule has 0 radical (unpaired) electrons. The molecule has 0 amide bonds. The van der Waals surface area contributed by atoms with Gasteiger partial charge in [0.1, 0.15) is 24.9 Å². The molecule has 5 fully saturated rings. The van der Waals surface area contributed by atoms with E-state index < -0.39 is 78.0 Å². The van der Waals surface area contributed by atoms with Gasteiger partial charge in [-0.25, -0.2) is 4.79 Å². The van der Waals surface area contributed by atoms with Crippen LogP contribution < -0.4 is 0 Å². The van der Waals surface area contributed by atoms with Crippen molar-refractivity contribution in [3.8, 4) is 0 Å². The van der Waals surface area contributed by atoms with Crippen molar-refractivity contribution in [2.75, 3.05) is 13.7 Å². The monoisotopic (exact) mass is 642 g/mol. The molecule has 1 aliphatic heterocycles. The number of esters is 5. The Bertz CT molecular complexity index is 1070. The highest BCUT2D eigenvalue weighted by Crippen LogP contribution is 2.64. The Labute approximate surface area is 262 Å². The SMILES string of the molecule is COC(=O)[C@]1(SC23CC4CC(CC(C4)C2)C3)C[C@H](OC(C)=O)[C@@H](OC(C)C)[C@H]([C@H](OC(C)=O)[C@@H](COC(C)=O)OC(C)=O)O1. The van der Waals surface area contributed by atoms with Gasteiger partial charge in [0.15, 0.2) is 12.2 Å². The van der Waals surface area contributed by atoms with Gasteiger partial charge >= 0.3 is 29.8 Å². The largest absolute Gasteiger partial charge is 0.466 e. The molecule has 1 saturated heterocycles. The number of thioether (sulfide) groups is 1. The molecule has 0 spiro atoms. The summed E-state index contributed by atoms with van der Waals surface area (Å²) in [7, 11) is 1.27. The van der Waals surface area contributed by atoms with E-state index in [1.807, 2.05) is 0 Å². The van der Waals surface area contributed by atoms with Crippen LogP contribution in [0.5, 0.6) is 0 Å². The van der Waals surface area contributed by atoms with Gasteiger partial charge in [0.25, 0.3) is 0 Å². The summed E-state index contributed by atoms with van der Waals surface area (Å²) < 4.78 is 40.4. The first-order chi connectivity index (χ1) is 20.6. The highest BCUT2D eigenvalue weighted by Gasteiger charge is 2.63. The van der Waals surface area contributed by atoms with Gasteiger partial charge in [-0.05, 0) is 70.1 Å². The molecule has 0 unspecified atom stereocenters. The smallest absolute Gasteiger partial charge is 0.349 e. The normalized spacial score (nSPS) is 35.4. The molecule has 13 heteroatoms. The lowest BCUT2D eigenvalue weighted by atomic mass is 9.56. The van der Waals surface area contributed by atoms with Crippen molar-refractivity contribution >= 4 is 41.6 Å². The van der Waals surface area contributed by atoms with Crippen LogP contribution in [0.2, 0.25) is 0 Å². The third-order valence-corrected chi connectivity index (χ3v) is 10.5. The highest BCUT2D eigenvalue weighted by molar-refractivity contribution is 8.02. The minimum atomic E-state index is -1.68. The zero-order valence-corrected chi connectivity index (χ0v) is 27.5. The topological polar surface area (TPSA) is 150 Å². The fourth-order valence-electron chi connectivity index (χ4n) is 8.04. The van der Waals surface area contributed by atoms with Crippen LogP contribution in [0.4, 0.5) is 0 Å². The zero-order valence-electron chi connectivity index (χ0n) is 26.7. The lowest BCUT2D eigenvalue weighted by Crippen LogP contribution is -2.66. The van der Waals surface area contributed by atoms with Gasteiger partial charge in [0.05, 0.1) is 13.2 Å². The Morgan fingerprint density at radius 1 is 0.818 bits per heavy atom. The van der Waals surface area contributed by atoms with E-state index in [0.717, 1.165) is 19.3 Å². The maximum atomic E-state index is 13.9. The molecule has 12 nitrogen and oxygen atoms in total. The third kappa shape index (κ3) is 8.06. The molecule has 0 aromatic carbocycles. The van der Waals surface area contributed by atoms with Crippen LogP contribution in [-0.4, -0.2) is 89.9 Å². The predicted octanol–water partition coefficient (Wildman–Crippen LogP) is 3.50. The van der Waals surface area contributed by atoms with Crippen molar-refractivity contribution in [3.63, 3.8) is 0 Å². The minimum absolute atomic E-state index is 0.0749. The average molecular weight is 643 g/mol. The lowest BCUT2D eigenvalue weighted by molar-refractivity contribution is -0.258. The Morgan fingerprint density at radius 3 is 1.84 bits per heavy atom. The molecule has 0 N–H and O–H groups in total. The van der Waals surface area contributed by atoms with Crippen molar-refractivity contribution in [2.45, 2.75) is 133 Å². The third-order valence-electron chi connectivity index (χ3n) is 8.85. The van der Waals surface area contributed by atoms with E-state index in [1.165, 1.54) is 65.8 Å². The van der Waals surface area contributed by atoms with E-state index >= 15 is 0 Å². The number of ether oxygens (including phenoxy) is 7. The van der Waals surface area contributed by atoms with Gasteiger partial charge in [-0.15, -0.1) is 11.8 Å². The number of carbonyl (C=O) groups is 5. The summed E-state index contributed by atoms with van der Waals surface area (Å²) in [5, 5.41) is 0. The second-order valence-electron chi connectivity index (χ2n) is 13.1. The van der Waals surface area contributed by atoms with E-state index in [1.54, 1.807) is 13.8 Å². The number of hydrogen-bond donors (Lipinski definition) is 0. The van der Waals surface area contributed by atoms with Gasteiger partial charge < -0.3 is 33.2 Å². The standard InChI is InChI=1S/C31H46O12S/c1-16(2)39-26-24(40-18(4)33)14-31(29(36)37-7,44-30-11-21-8-22(12-30)10-23(9-21)13-30)43-28(26)27(42-20(6)35)25(41-19(5)34)15-38-17(3)32/h16,21-28H,8-15H2,1-7H3/t21?,22?,23?,24-,25+,26+,27+,28+,30?,31+/m0/s1. The van der Waals surface area contributed by atoms with Gasteiger partial charge in [-0.2, -0.15) is 0 Å². The maximum Gasteiger partial charge on any atom is 0.349 e. The molecule has 5 aliphatic rings. The first-order valence-electron chi connectivity index (χ1n) is 15.4. The summed E-state index contributed by atoms with van der Waals surface area (Å²) in [5.74, 6) is -1.70. The van der Waals surface area contributed by atoms with Crippen molar-refractivity contribution < 1.29 is 57.1 Å². The van der Waals surface area contributed by atoms with Gasteiger partial charge in [-0.1, -0.05) is 0 Å². The molecule has 1 heterocycles. The summed E-state index contributed by atoms with van der Waals surface area (Å²) in [6.45, 7) is 7.87. The number of rotatable bonds is 12. The van der Waals surface area contributed by atoms with Crippen molar-refractivity contribution in [2.24, 2.45) is 17.8 Å². The van der Waals surface area contributed by atoms with Crippen LogP contribution in [0, 0.1) is 17.8 Å². The van der Waals surface area contributed by atoms with Gasteiger partial charge in [0, 0.05) is 38.9 Å². The first-order valence-corrected chi connectivity index (χ1v) is 16.2. The van der Waals surface area contributed by atoms with E-state index in [0.29, 0.717) is 17.8 Å². The number of hydrogen-bond acceptors (Lipinski definition) is 13. The number of methoxy groups -OCH3 is 1. The van der Waals surface area contributed by atoms with Crippen LogP contribution in [-0.2, 0) is 57.1 Å². The molecular weight excluding hydrogens is 596 g/mol. The summed E-state index contributed by atoms with van der Waals surface area (Å²) in [6.07, 6.45) is -0.302. The van der Waals surface area contributed by atoms with E-state index in [9.17, 15) is 24.0 Å². The van der Waals surface area contributed by atoms with E-state index in [4.69, 9.17) is 33.2 Å². The van der Waals surface area contributed by atoms with Crippen LogP contribution in [0.25, 0.3) is 0 Å². The second-order valence-corrected chi connectivity index (χ2v) is 14.8. The van der Waals surface area contributed by atoms with Gasteiger partial charge in [-0.3, -0.25) is 19.2 Å². The van der Waals surface area contributed by atoms with Crippen LogP contribution in [0.1, 0.15) is 86.5 Å². The number of carbonyl (C=O) groups excluding carboxylic acids is 5. The molecule has 0 aromatic rings. The van der Waals surface area contributed by atoms with E-state index in [2.05, 4.69) is 0 Å². The highest BCUT2D eigenvalue weighted by atomic mass is 32.2. The average Bonchev–Trinajstić information content (AvgIpc) is 2.88. The van der Waals surface area contributed by atoms with Crippen LogP contribution >= 0.6 is 11.8 Å². The summed E-state index contributed by atoms with van der Waals surface area (Å²) in [6, 6.07) is 0. The molecule has 4 saturated carbocycles. The van der Waals surface area contributed by atoms with Crippen molar-refractivity contribution in [3.05, 3.63) is 0 Å². The molecule has 5 rings (SSSR count). The quantitative estimate of drug-likeness (QED) is 0.226.